The Balaban J connectivity index is 1.81. The molecule has 1 aliphatic carbocycles. The van der Waals surface area contributed by atoms with Gasteiger partial charge in [0, 0.05) is 18.9 Å². The SMILES string of the molecule is O=C1NCC2(CCCCC2)N1Cc1ncccn1. The van der Waals surface area contributed by atoms with Crippen LogP contribution in [0.3, 0.4) is 0 Å². The van der Waals surface area contributed by atoms with Crippen LogP contribution in [-0.4, -0.2) is 33.0 Å². The number of nitrogens with one attached hydrogen (secondary N) is 1. The number of urea groups is 1. The third kappa shape index (κ3) is 1.94. The molecule has 3 rings (SSSR count). The molecule has 5 nitrogen and oxygen atoms in total. The largest absolute Gasteiger partial charge is 0.336 e. The second-order valence-electron chi connectivity index (χ2n) is 5.19. The minimum absolute atomic E-state index is 0.00847. The summed E-state index contributed by atoms with van der Waals surface area (Å²) >= 11 is 0. The van der Waals surface area contributed by atoms with Crippen molar-refractivity contribution in [2.24, 2.45) is 0 Å². The van der Waals surface area contributed by atoms with E-state index < -0.39 is 0 Å². The second-order valence-corrected chi connectivity index (χ2v) is 5.19. The van der Waals surface area contributed by atoms with Gasteiger partial charge in [-0.3, -0.25) is 0 Å². The van der Waals surface area contributed by atoms with Crippen LogP contribution in [0.15, 0.2) is 18.5 Å². The van der Waals surface area contributed by atoms with Crippen LogP contribution in [0.2, 0.25) is 0 Å². The van der Waals surface area contributed by atoms with Crippen LogP contribution in [0.5, 0.6) is 0 Å². The Morgan fingerprint density at radius 3 is 2.67 bits per heavy atom. The summed E-state index contributed by atoms with van der Waals surface area (Å²) in [6, 6.07) is 1.83. The standard InChI is InChI=1S/C13H18N4O/c18-12-16-10-13(5-2-1-3-6-13)17(12)9-11-14-7-4-8-15-11/h4,7-8H,1-3,5-6,9-10H2,(H,16,18). The van der Waals surface area contributed by atoms with Crippen molar-refractivity contribution in [1.29, 1.82) is 0 Å². The number of carbonyl (C=O) groups excluding carboxylic acids is 1. The molecular weight excluding hydrogens is 228 g/mol. The Morgan fingerprint density at radius 2 is 1.94 bits per heavy atom. The Bertz CT molecular complexity index is 428. The average Bonchev–Trinajstić information content (AvgIpc) is 2.71. The zero-order valence-electron chi connectivity index (χ0n) is 10.4. The third-order valence-corrected chi connectivity index (χ3v) is 4.09. The molecule has 0 bridgehead atoms. The lowest BCUT2D eigenvalue weighted by Gasteiger charge is -2.39. The van der Waals surface area contributed by atoms with E-state index in [1.165, 1.54) is 19.3 Å². The Morgan fingerprint density at radius 1 is 1.22 bits per heavy atom. The summed E-state index contributed by atoms with van der Waals surface area (Å²) in [4.78, 5) is 22.4. The molecule has 1 N–H and O–H groups in total. The van der Waals surface area contributed by atoms with Gasteiger partial charge in [-0.15, -0.1) is 0 Å². The van der Waals surface area contributed by atoms with Crippen molar-refractivity contribution >= 4 is 6.03 Å². The van der Waals surface area contributed by atoms with Crippen LogP contribution in [0.4, 0.5) is 4.79 Å². The van der Waals surface area contributed by atoms with Crippen molar-refractivity contribution in [2.45, 2.75) is 44.2 Å². The molecule has 1 aromatic heterocycles. The van der Waals surface area contributed by atoms with Gasteiger partial charge in [-0.1, -0.05) is 19.3 Å². The lowest BCUT2D eigenvalue weighted by Crippen LogP contribution is -2.48. The van der Waals surface area contributed by atoms with Crippen molar-refractivity contribution in [3.05, 3.63) is 24.3 Å². The van der Waals surface area contributed by atoms with E-state index in [0.29, 0.717) is 6.54 Å². The molecule has 1 aliphatic heterocycles. The maximum Gasteiger partial charge on any atom is 0.318 e. The fourth-order valence-electron chi connectivity index (χ4n) is 3.10. The molecular formula is C13H18N4O. The average molecular weight is 246 g/mol. The Hall–Kier alpha value is -1.65. The molecule has 2 aliphatic rings. The first kappa shape index (κ1) is 11.4. The van der Waals surface area contributed by atoms with E-state index in [0.717, 1.165) is 25.2 Å². The Kier molecular flexibility index (Phi) is 2.89. The van der Waals surface area contributed by atoms with Crippen molar-refractivity contribution in [3.63, 3.8) is 0 Å². The zero-order valence-corrected chi connectivity index (χ0v) is 10.4. The van der Waals surface area contributed by atoms with Gasteiger partial charge in [0.05, 0.1) is 12.1 Å². The highest BCUT2D eigenvalue weighted by Gasteiger charge is 2.45. The maximum atomic E-state index is 12.0. The summed E-state index contributed by atoms with van der Waals surface area (Å²) in [7, 11) is 0. The van der Waals surface area contributed by atoms with Gasteiger partial charge < -0.3 is 10.2 Å². The quantitative estimate of drug-likeness (QED) is 0.864. The number of aromatic nitrogens is 2. The lowest BCUT2D eigenvalue weighted by molar-refractivity contribution is 0.111. The Labute approximate surface area is 107 Å². The number of hydrogen-bond donors (Lipinski definition) is 1. The third-order valence-electron chi connectivity index (χ3n) is 4.09. The molecule has 1 aromatic rings. The highest BCUT2D eigenvalue weighted by Crippen LogP contribution is 2.36. The molecule has 2 amide bonds. The normalized spacial score (nSPS) is 22.2. The molecule has 96 valence electrons. The van der Waals surface area contributed by atoms with Crippen molar-refractivity contribution in [2.75, 3.05) is 6.54 Å². The highest BCUT2D eigenvalue weighted by molar-refractivity contribution is 5.77. The van der Waals surface area contributed by atoms with Crippen LogP contribution in [-0.2, 0) is 6.54 Å². The smallest absolute Gasteiger partial charge is 0.318 e. The fourth-order valence-corrected chi connectivity index (χ4v) is 3.10. The second kappa shape index (κ2) is 4.55. The van der Waals surface area contributed by atoms with E-state index in [-0.39, 0.29) is 11.6 Å². The predicted octanol–water partition coefficient (Wildman–Crippen LogP) is 1.70. The van der Waals surface area contributed by atoms with Crippen LogP contribution < -0.4 is 5.32 Å². The van der Waals surface area contributed by atoms with Crippen LogP contribution >= 0.6 is 0 Å². The molecule has 0 radical (unpaired) electrons. The molecule has 2 heterocycles. The summed E-state index contributed by atoms with van der Waals surface area (Å²) in [6.07, 6.45) is 9.35. The minimum atomic E-state index is 0.00847. The van der Waals surface area contributed by atoms with Gasteiger partial charge in [-0.25, -0.2) is 14.8 Å². The van der Waals surface area contributed by atoms with E-state index in [2.05, 4.69) is 15.3 Å². The summed E-state index contributed by atoms with van der Waals surface area (Å²) in [5.74, 6) is 0.722. The van der Waals surface area contributed by atoms with Gasteiger partial charge >= 0.3 is 6.03 Å². The van der Waals surface area contributed by atoms with Gasteiger partial charge in [0.1, 0.15) is 5.82 Å². The first-order valence-electron chi connectivity index (χ1n) is 6.62. The van der Waals surface area contributed by atoms with Crippen molar-refractivity contribution in [1.82, 2.24) is 20.2 Å². The molecule has 0 aromatic carbocycles. The maximum absolute atomic E-state index is 12.0. The van der Waals surface area contributed by atoms with E-state index >= 15 is 0 Å². The highest BCUT2D eigenvalue weighted by atomic mass is 16.2. The van der Waals surface area contributed by atoms with Gasteiger partial charge in [-0.05, 0) is 18.9 Å². The molecule has 0 unspecified atom stereocenters. The van der Waals surface area contributed by atoms with Crippen molar-refractivity contribution in [3.8, 4) is 0 Å². The monoisotopic (exact) mass is 246 g/mol. The minimum Gasteiger partial charge on any atom is -0.336 e. The molecule has 1 spiro atoms. The molecule has 1 saturated carbocycles. The van der Waals surface area contributed by atoms with E-state index in [9.17, 15) is 4.79 Å². The number of hydrogen-bond acceptors (Lipinski definition) is 3. The first-order valence-corrected chi connectivity index (χ1v) is 6.62. The van der Waals surface area contributed by atoms with Crippen LogP contribution in [0, 0.1) is 0 Å². The van der Waals surface area contributed by atoms with Crippen LogP contribution in [0.1, 0.15) is 37.9 Å². The van der Waals surface area contributed by atoms with Gasteiger partial charge in [-0.2, -0.15) is 0 Å². The molecule has 1 saturated heterocycles. The van der Waals surface area contributed by atoms with E-state index in [1.54, 1.807) is 18.5 Å². The van der Waals surface area contributed by atoms with E-state index in [1.807, 2.05) is 4.90 Å². The van der Waals surface area contributed by atoms with Crippen LogP contribution in [0.25, 0.3) is 0 Å². The fraction of sp³-hybridized carbons (Fsp3) is 0.615. The first-order chi connectivity index (χ1) is 8.80. The zero-order chi connectivity index (χ0) is 12.4. The number of amides is 2. The summed E-state index contributed by atoms with van der Waals surface area (Å²) in [5.41, 5.74) is 0.00847. The predicted molar refractivity (Wildman–Crippen MR) is 66.8 cm³/mol. The van der Waals surface area contributed by atoms with E-state index in [4.69, 9.17) is 0 Å². The molecule has 18 heavy (non-hydrogen) atoms. The van der Waals surface area contributed by atoms with Gasteiger partial charge in [0.25, 0.3) is 0 Å². The molecule has 2 fully saturated rings. The molecule has 0 atom stereocenters. The van der Waals surface area contributed by atoms with Gasteiger partial charge in [0.2, 0.25) is 0 Å². The summed E-state index contributed by atoms with van der Waals surface area (Å²) in [5, 5.41) is 2.98. The van der Waals surface area contributed by atoms with Crippen molar-refractivity contribution < 1.29 is 4.79 Å². The lowest BCUT2D eigenvalue weighted by atomic mass is 9.81. The summed E-state index contributed by atoms with van der Waals surface area (Å²) in [6.45, 7) is 1.30. The topological polar surface area (TPSA) is 58.1 Å². The number of rotatable bonds is 2. The van der Waals surface area contributed by atoms with Gasteiger partial charge in [0.15, 0.2) is 0 Å². The summed E-state index contributed by atoms with van der Waals surface area (Å²) < 4.78 is 0. The molecule has 5 heteroatoms. The number of nitrogens with zero attached hydrogens (tertiary/aromatic N) is 3. The number of carbonyl (C=O) groups is 1.